The molecule has 1 N–H and O–H groups in total. The molecular formula is C33H38N2O5S. The van der Waals surface area contributed by atoms with Crippen LogP contribution in [0.3, 0.4) is 0 Å². The van der Waals surface area contributed by atoms with Gasteiger partial charge in [-0.3, -0.25) is 4.90 Å². The number of piperidine rings is 1. The maximum atomic E-state index is 13.7. The van der Waals surface area contributed by atoms with Crippen molar-refractivity contribution in [1.82, 2.24) is 9.21 Å². The molecule has 2 fully saturated rings. The molecule has 4 aliphatic rings. The average molecular weight is 575 g/mol. The fourth-order valence-electron chi connectivity index (χ4n) is 8.41. The third-order valence-corrected chi connectivity index (χ3v) is 12.2. The molecule has 216 valence electrons. The topological polar surface area (TPSA) is 79.3 Å². The first-order valence-electron chi connectivity index (χ1n) is 14.7. The standard InChI is InChI=1S/C33H38N2O5S/c1-34(41(37,38)22-24-11-7-4-8-12-24)26-15-17-33(36)28-21-25-13-14-27(39-2)30-29(25)32(33,31(26)40-30)18-20-35(28)19-16-23-9-5-3-6-10-23/h3-14,26,28,31,36H,15-22H2,1-2H3/t26?,28-,31?,32+,33-/m1/s1. The molecule has 8 heteroatoms. The van der Waals surface area contributed by atoms with Crippen LogP contribution in [0.5, 0.6) is 11.5 Å². The summed E-state index contributed by atoms with van der Waals surface area (Å²) in [6.45, 7) is 1.69. The number of hydrogen-bond acceptors (Lipinski definition) is 6. The largest absolute Gasteiger partial charge is 0.493 e. The molecule has 1 spiro atoms. The van der Waals surface area contributed by atoms with E-state index in [-0.39, 0.29) is 11.8 Å². The lowest BCUT2D eigenvalue weighted by Gasteiger charge is -2.64. The molecule has 3 aromatic carbocycles. The van der Waals surface area contributed by atoms with Crippen LogP contribution in [0.15, 0.2) is 72.8 Å². The minimum absolute atomic E-state index is 0.0647. The Labute approximate surface area is 242 Å². The number of aliphatic hydroxyl groups is 1. The molecule has 7 rings (SSSR count). The van der Waals surface area contributed by atoms with Crippen LogP contribution in [-0.4, -0.2) is 73.8 Å². The van der Waals surface area contributed by atoms with Crippen LogP contribution in [0.1, 0.15) is 41.5 Å². The molecular weight excluding hydrogens is 536 g/mol. The minimum atomic E-state index is -3.63. The van der Waals surface area contributed by atoms with Crippen molar-refractivity contribution in [2.45, 2.75) is 67.1 Å². The highest BCUT2D eigenvalue weighted by atomic mass is 32.2. The summed E-state index contributed by atoms with van der Waals surface area (Å²) in [4.78, 5) is 2.47. The smallest absolute Gasteiger partial charge is 0.218 e. The first-order valence-corrected chi connectivity index (χ1v) is 16.3. The number of likely N-dealkylation sites (tertiary alicyclic amines) is 1. The van der Waals surface area contributed by atoms with E-state index in [2.05, 4.69) is 35.2 Å². The zero-order chi connectivity index (χ0) is 28.4. The fraction of sp³-hybridized carbons (Fsp3) is 0.455. The van der Waals surface area contributed by atoms with Crippen molar-refractivity contribution in [2.24, 2.45) is 0 Å². The van der Waals surface area contributed by atoms with Crippen molar-refractivity contribution in [2.75, 3.05) is 27.2 Å². The molecule has 1 saturated heterocycles. The summed E-state index contributed by atoms with van der Waals surface area (Å²) < 4.78 is 41.6. The third kappa shape index (κ3) is 3.98. The number of methoxy groups -OCH3 is 1. The number of benzene rings is 3. The van der Waals surface area contributed by atoms with Crippen molar-refractivity contribution in [1.29, 1.82) is 0 Å². The van der Waals surface area contributed by atoms with Crippen LogP contribution in [0.2, 0.25) is 0 Å². The molecule has 41 heavy (non-hydrogen) atoms. The molecule has 7 nitrogen and oxygen atoms in total. The fourth-order valence-corrected chi connectivity index (χ4v) is 9.85. The number of sulfonamides is 1. The number of rotatable bonds is 8. The summed E-state index contributed by atoms with van der Waals surface area (Å²) >= 11 is 0. The van der Waals surface area contributed by atoms with Gasteiger partial charge in [0, 0.05) is 25.2 Å². The quantitative estimate of drug-likeness (QED) is 0.440. The molecule has 2 unspecified atom stereocenters. The summed E-state index contributed by atoms with van der Waals surface area (Å²) in [6, 6.07) is 23.4. The Hall–Kier alpha value is -2.91. The van der Waals surface area contributed by atoms with Gasteiger partial charge in [0.05, 0.1) is 29.9 Å². The Morgan fingerprint density at radius 3 is 2.44 bits per heavy atom. The zero-order valence-electron chi connectivity index (χ0n) is 23.7. The predicted octanol–water partition coefficient (Wildman–Crippen LogP) is 3.92. The molecule has 2 heterocycles. The Bertz CT molecular complexity index is 1550. The van der Waals surface area contributed by atoms with Gasteiger partial charge in [0.15, 0.2) is 11.5 Å². The van der Waals surface area contributed by atoms with Gasteiger partial charge in [0.2, 0.25) is 10.0 Å². The number of nitrogens with zero attached hydrogens (tertiary/aromatic N) is 2. The van der Waals surface area contributed by atoms with Gasteiger partial charge in [0.25, 0.3) is 0 Å². The number of hydrogen-bond donors (Lipinski definition) is 1. The van der Waals surface area contributed by atoms with Gasteiger partial charge < -0.3 is 14.6 Å². The van der Waals surface area contributed by atoms with E-state index in [1.165, 1.54) is 15.4 Å². The van der Waals surface area contributed by atoms with Gasteiger partial charge in [0.1, 0.15) is 6.10 Å². The first kappa shape index (κ1) is 27.0. The molecule has 0 radical (unpaired) electrons. The van der Waals surface area contributed by atoms with Crippen molar-refractivity contribution < 1.29 is 23.0 Å². The lowest BCUT2D eigenvalue weighted by molar-refractivity contribution is -0.195. The van der Waals surface area contributed by atoms with Crippen LogP contribution in [0, 0.1) is 0 Å². The third-order valence-electron chi connectivity index (χ3n) is 10.4. The second kappa shape index (κ2) is 9.83. The lowest BCUT2D eigenvalue weighted by Crippen LogP contribution is -2.78. The SMILES string of the molecule is COc1ccc2c3c1OC1C(N(C)S(=O)(=O)Cc4ccccc4)CC[C@@]4(O)[C@@H](C2)N(CCc2ccccc2)CC[C@]314. The summed E-state index contributed by atoms with van der Waals surface area (Å²) in [5.74, 6) is 1.26. The van der Waals surface area contributed by atoms with E-state index in [1.807, 2.05) is 42.5 Å². The van der Waals surface area contributed by atoms with E-state index < -0.39 is 33.2 Å². The highest BCUT2D eigenvalue weighted by Crippen LogP contribution is 2.66. The van der Waals surface area contributed by atoms with Crippen LogP contribution in [-0.2, 0) is 34.0 Å². The molecule has 0 amide bonds. The van der Waals surface area contributed by atoms with Crippen molar-refractivity contribution in [3.8, 4) is 11.5 Å². The Morgan fingerprint density at radius 2 is 1.73 bits per heavy atom. The van der Waals surface area contributed by atoms with E-state index >= 15 is 0 Å². The number of ether oxygens (including phenoxy) is 2. The minimum Gasteiger partial charge on any atom is -0.493 e. The van der Waals surface area contributed by atoms with Gasteiger partial charge in [-0.15, -0.1) is 0 Å². The monoisotopic (exact) mass is 574 g/mol. The molecule has 2 bridgehead atoms. The normalized spacial score (nSPS) is 30.1. The highest BCUT2D eigenvalue weighted by Gasteiger charge is 2.73. The maximum Gasteiger partial charge on any atom is 0.218 e. The number of likely N-dealkylation sites (N-methyl/N-ethyl adjacent to an activating group) is 1. The van der Waals surface area contributed by atoms with Gasteiger partial charge >= 0.3 is 0 Å². The van der Waals surface area contributed by atoms with Gasteiger partial charge in [-0.1, -0.05) is 66.7 Å². The second-order valence-electron chi connectivity index (χ2n) is 12.2. The van der Waals surface area contributed by atoms with Gasteiger partial charge in [-0.2, -0.15) is 4.31 Å². The molecule has 2 aliphatic carbocycles. The average Bonchev–Trinajstić information content (AvgIpc) is 3.33. The van der Waals surface area contributed by atoms with E-state index in [1.54, 1.807) is 14.2 Å². The van der Waals surface area contributed by atoms with Crippen LogP contribution < -0.4 is 9.47 Å². The van der Waals surface area contributed by atoms with Crippen molar-refractivity contribution in [3.63, 3.8) is 0 Å². The Balaban J connectivity index is 1.26. The highest BCUT2D eigenvalue weighted by molar-refractivity contribution is 7.88. The summed E-state index contributed by atoms with van der Waals surface area (Å²) in [7, 11) is -0.312. The maximum absolute atomic E-state index is 13.7. The van der Waals surface area contributed by atoms with E-state index in [4.69, 9.17) is 9.47 Å². The van der Waals surface area contributed by atoms with Crippen LogP contribution in [0.25, 0.3) is 0 Å². The van der Waals surface area contributed by atoms with E-state index in [0.29, 0.717) is 30.8 Å². The predicted molar refractivity (Wildman–Crippen MR) is 158 cm³/mol. The van der Waals surface area contributed by atoms with E-state index in [9.17, 15) is 13.5 Å². The summed E-state index contributed by atoms with van der Waals surface area (Å²) in [6.07, 6.45) is 2.91. The van der Waals surface area contributed by atoms with Crippen molar-refractivity contribution >= 4 is 10.0 Å². The molecule has 0 aromatic heterocycles. The van der Waals surface area contributed by atoms with Crippen LogP contribution in [0.4, 0.5) is 0 Å². The Kier molecular flexibility index (Phi) is 6.47. The summed E-state index contributed by atoms with van der Waals surface area (Å²) in [5, 5.41) is 12.9. The Morgan fingerprint density at radius 1 is 1.02 bits per heavy atom. The van der Waals surface area contributed by atoms with Gasteiger partial charge in [-0.25, -0.2) is 8.42 Å². The molecule has 1 saturated carbocycles. The van der Waals surface area contributed by atoms with Crippen molar-refractivity contribution in [3.05, 3.63) is 95.1 Å². The van der Waals surface area contributed by atoms with Crippen LogP contribution >= 0.6 is 0 Å². The van der Waals surface area contributed by atoms with E-state index in [0.717, 1.165) is 37.1 Å². The molecule has 5 atom stereocenters. The summed E-state index contributed by atoms with van der Waals surface area (Å²) in [5.41, 5.74) is 2.54. The molecule has 2 aliphatic heterocycles. The zero-order valence-corrected chi connectivity index (χ0v) is 24.5. The lowest BCUT2D eigenvalue weighted by atomic mass is 9.48. The second-order valence-corrected chi connectivity index (χ2v) is 14.2. The molecule has 3 aromatic rings. The van der Waals surface area contributed by atoms with Gasteiger partial charge in [-0.05, 0) is 61.4 Å². The first-order chi connectivity index (χ1) is 19.8.